The second-order valence-corrected chi connectivity index (χ2v) is 8.05. The quantitative estimate of drug-likeness (QED) is 0.891. The highest BCUT2D eigenvalue weighted by Crippen LogP contribution is 2.27. The highest BCUT2D eigenvalue weighted by Gasteiger charge is 2.34. The molecule has 2 rings (SSSR count). The van der Waals surface area contributed by atoms with E-state index in [1.165, 1.54) is 11.3 Å². The molecule has 0 bridgehead atoms. The maximum absolute atomic E-state index is 12.2. The Balaban J connectivity index is 2.16. The van der Waals surface area contributed by atoms with E-state index in [2.05, 4.69) is 4.72 Å². The van der Waals surface area contributed by atoms with Gasteiger partial charge in [0.15, 0.2) is 0 Å². The zero-order valence-electron chi connectivity index (χ0n) is 10.6. The Labute approximate surface area is 116 Å². The summed E-state index contributed by atoms with van der Waals surface area (Å²) in [5.41, 5.74) is 0. The number of thiophene rings is 1. The van der Waals surface area contributed by atoms with Crippen LogP contribution in [0.3, 0.4) is 0 Å². The Morgan fingerprint density at radius 2 is 2.05 bits per heavy atom. The molecule has 0 aliphatic heterocycles. The molecular formula is C12H17NO4S2. The Hall–Kier alpha value is -0.920. The lowest BCUT2D eigenvalue weighted by Gasteiger charge is -2.28. The first-order valence-electron chi connectivity index (χ1n) is 6.22. The summed E-state index contributed by atoms with van der Waals surface area (Å²) < 4.78 is 27.2. The van der Waals surface area contributed by atoms with E-state index in [4.69, 9.17) is 5.11 Å². The van der Waals surface area contributed by atoms with Crippen molar-refractivity contribution in [1.82, 2.24) is 4.72 Å². The van der Waals surface area contributed by atoms with Crippen LogP contribution in [0.15, 0.2) is 16.3 Å². The van der Waals surface area contributed by atoms with Crippen molar-refractivity contribution in [2.24, 2.45) is 5.92 Å². The van der Waals surface area contributed by atoms with Crippen molar-refractivity contribution in [3.05, 3.63) is 17.0 Å². The first-order valence-corrected chi connectivity index (χ1v) is 8.52. The molecule has 1 aromatic heterocycles. The largest absolute Gasteiger partial charge is 0.481 e. The molecule has 7 heteroatoms. The van der Waals surface area contributed by atoms with Crippen molar-refractivity contribution in [2.75, 3.05) is 0 Å². The maximum Gasteiger partial charge on any atom is 0.308 e. The number of nitrogens with one attached hydrogen (secondary N) is 1. The van der Waals surface area contributed by atoms with Crippen molar-refractivity contribution in [1.29, 1.82) is 0 Å². The average molecular weight is 303 g/mol. The molecule has 2 atom stereocenters. The molecule has 1 heterocycles. The molecule has 0 radical (unpaired) electrons. The zero-order valence-corrected chi connectivity index (χ0v) is 12.3. The van der Waals surface area contributed by atoms with Crippen LogP contribution < -0.4 is 4.72 Å². The Kier molecular flexibility index (Phi) is 4.27. The summed E-state index contributed by atoms with van der Waals surface area (Å²) in [5, 5.41) is 9.15. The summed E-state index contributed by atoms with van der Waals surface area (Å²) in [4.78, 5) is 12.1. The normalized spacial score (nSPS) is 24.3. The van der Waals surface area contributed by atoms with Crippen LogP contribution in [0.5, 0.6) is 0 Å². The molecule has 2 N–H and O–H groups in total. The standard InChI is InChI=1S/C12H17NO4S2/c1-8-6-7-11(18-8)19(16,17)13-10-5-3-2-4-9(10)12(14)15/h6-7,9-10,13H,2-5H2,1H3,(H,14,15). The van der Waals surface area contributed by atoms with Crippen LogP contribution in [-0.2, 0) is 14.8 Å². The van der Waals surface area contributed by atoms with Crippen LogP contribution in [0.2, 0.25) is 0 Å². The fourth-order valence-electron chi connectivity index (χ4n) is 2.38. The zero-order chi connectivity index (χ0) is 14.0. The molecule has 1 aromatic rings. The predicted molar refractivity (Wildman–Crippen MR) is 72.8 cm³/mol. The minimum atomic E-state index is -3.60. The minimum absolute atomic E-state index is 0.250. The smallest absolute Gasteiger partial charge is 0.308 e. The van der Waals surface area contributed by atoms with Crippen LogP contribution in [0.4, 0.5) is 0 Å². The monoisotopic (exact) mass is 303 g/mol. The van der Waals surface area contributed by atoms with Gasteiger partial charge in [0, 0.05) is 10.9 Å². The van der Waals surface area contributed by atoms with Gasteiger partial charge in [-0.2, -0.15) is 0 Å². The van der Waals surface area contributed by atoms with E-state index in [0.717, 1.165) is 17.7 Å². The van der Waals surface area contributed by atoms with Gasteiger partial charge in [-0.25, -0.2) is 13.1 Å². The molecule has 5 nitrogen and oxygen atoms in total. The van der Waals surface area contributed by atoms with Gasteiger partial charge in [0.05, 0.1) is 5.92 Å². The van der Waals surface area contributed by atoms with Crippen molar-refractivity contribution >= 4 is 27.3 Å². The van der Waals surface area contributed by atoms with Crippen molar-refractivity contribution in [3.63, 3.8) is 0 Å². The highest BCUT2D eigenvalue weighted by atomic mass is 32.2. The molecule has 0 aromatic carbocycles. The third-order valence-corrected chi connectivity index (χ3v) is 6.35. The van der Waals surface area contributed by atoms with E-state index in [9.17, 15) is 13.2 Å². The highest BCUT2D eigenvalue weighted by molar-refractivity contribution is 7.91. The van der Waals surface area contributed by atoms with Crippen LogP contribution in [0.1, 0.15) is 30.6 Å². The molecular weight excluding hydrogens is 286 g/mol. The summed E-state index contributed by atoms with van der Waals surface area (Å²) in [6, 6.07) is 2.80. The number of aliphatic carboxylic acids is 1. The van der Waals surface area contributed by atoms with Gasteiger partial charge in [0.2, 0.25) is 10.0 Å². The number of carboxylic acids is 1. The topological polar surface area (TPSA) is 83.5 Å². The summed E-state index contributed by atoms with van der Waals surface area (Å²) in [5.74, 6) is -1.54. The molecule has 106 valence electrons. The number of carboxylic acid groups (broad SMARTS) is 1. The van der Waals surface area contributed by atoms with Gasteiger partial charge in [-0.1, -0.05) is 12.8 Å². The molecule has 1 saturated carbocycles. The number of hydrogen-bond donors (Lipinski definition) is 2. The van der Waals surface area contributed by atoms with E-state index in [-0.39, 0.29) is 4.21 Å². The number of rotatable bonds is 4. The molecule has 1 aliphatic rings. The lowest BCUT2D eigenvalue weighted by molar-refractivity contribution is -0.143. The molecule has 0 saturated heterocycles. The van der Waals surface area contributed by atoms with Crippen LogP contribution in [-0.4, -0.2) is 25.5 Å². The van der Waals surface area contributed by atoms with E-state index >= 15 is 0 Å². The molecule has 19 heavy (non-hydrogen) atoms. The number of aryl methyl sites for hydroxylation is 1. The van der Waals surface area contributed by atoms with E-state index < -0.39 is 28.0 Å². The van der Waals surface area contributed by atoms with Crippen LogP contribution >= 0.6 is 11.3 Å². The van der Waals surface area contributed by atoms with Crippen molar-refractivity contribution in [3.8, 4) is 0 Å². The van der Waals surface area contributed by atoms with E-state index in [1.54, 1.807) is 12.1 Å². The van der Waals surface area contributed by atoms with Crippen LogP contribution in [0.25, 0.3) is 0 Å². The first-order chi connectivity index (χ1) is 8.90. The van der Waals surface area contributed by atoms with Gasteiger partial charge >= 0.3 is 5.97 Å². The third kappa shape index (κ3) is 3.34. The van der Waals surface area contributed by atoms with Crippen LogP contribution in [0, 0.1) is 12.8 Å². The minimum Gasteiger partial charge on any atom is -0.481 e. The maximum atomic E-state index is 12.2. The summed E-state index contributed by atoms with van der Waals surface area (Å²) in [6.07, 6.45) is 2.82. The lowest BCUT2D eigenvalue weighted by atomic mass is 9.85. The molecule has 0 amide bonds. The van der Waals surface area contributed by atoms with E-state index in [1.807, 2.05) is 6.92 Å². The number of hydrogen-bond acceptors (Lipinski definition) is 4. The van der Waals surface area contributed by atoms with Gasteiger partial charge in [-0.3, -0.25) is 4.79 Å². The molecule has 2 unspecified atom stereocenters. The lowest BCUT2D eigenvalue weighted by Crippen LogP contribution is -2.44. The van der Waals surface area contributed by atoms with Gasteiger partial charge < -0.3 is 5.11 Å². The van der Waals surface area contributed by atoms with Gasteiger partial charge in [-0.05, 0) is 31.9 Å². The SMILES string of the molecule is Cc1ccc(S(=O)(=O)NC2CCCCC2C(=O)O)s1. The number of sulfonamides is 1. The Morgan fingerprint density at radius 3 is 2.63 bits per heavy atom. The average Bonchev–Trinajstić information content (AvgIpc) is 2.76. The fourth-order valence-corrected chi connectivity index (χ4v) is 4.99. The number of carbonyl (C=O) groups is 1. The predicted octanol–water partition coefficient (Wildman–Crippen LogP) is 1.98. The fraction of sp³-hybridized carbons (Fsp3) is 0.583. The molecule has 0 spiro atoms. The Bertz CT molecular complexity index is 564. The Morgan fingerprint density at radius 1 is 1.37 bits per heavy atom. The first kappa shape index (κ1) is 14.5. The third-order valence-electron chi connectivity index (χ3n) is 3.37. The van der Waals surface area contributed by atoms with Gasteiger partial charge in [0.1, 0.15) is 4.21 Å². The molecule has 1 fully saturated rings. The van der Waals surface area contributed by atoms with Gasteiger partial charge in [0.25, 0.3) is 0 Å². The van der Waals surface area contributed by atoms with E-state index in [0.29, 0.717) is 12.8 Å². The van der Waals surface area contributed by atoms with Crippen molar-refractivity contribution < 1.29 is 18.3 Å². The van der Waals surface area contributed by atoms with Gasteiger partial charge in [-0.15, -0.1) is 11.3 Å². The van der Waals surface area contributed by atoms with Crippen molar-refractivity contribution in [2.45, 2.75) is 42.9 Å². The summed E-state index contributed by atoms with van der Waals surface area (Å²) >= 11 is 1.19. The summed E-state index contributed by atoms with van der Waals surface area (Å²) in [6.45, 7) is 1.84. The summed E-state index contributed by atoms with van der Waals surface area (Å²) in [7, 11) is -3.60. The second-order valence-electron chi connectivity index (χ2n) is 4.82. The second kappa shape index (κ2) is 5.60. The molecule has 1 aliphatic carbocycles.